The number of hydrogen-bond acceptors (Lipinski definition) is 5. The maximum Gasteiger partial charge on any atom is 0.299 e. The van der Waals surface area contributed by atoms with Gasteiger partial charge in [-0.3, -0.25) is 4.79 Å². The van der Waals surface area contributed by atoms with Crippen molar-refractivity contribution in [1.82, 2.24) is 14.9 Å². The zero-order chi connectivity index (χ0) is 19.1. The van der Waals surface area contributed by atoms with Crippen LogP contribution in [0.15, 0.2) is 40.9 Å². The molecule has 1 amide bonds. The van der Waals surface area contributed by atoms with Crippen LogP contribution in [0.1, 0.15) is 29.9 Å². The van der Waals surface area contributed by atoms with Crippen LogP contribution in [0, 0.1) is 5.82 Å². The highest BCUT2D eigenvalue weighted by Gasteiger charge is 2.27. The number of piperazine rings is 1. The van der Waals surface area contributed by atoms with Gasteiger partial charge >= 0.3 is 0 Å². The average molecular weight is 380 g/mol. The molecule has 2 aromatic heterocycles. The van der Waals surface area contributed by atoms with Gasteiger partial charge in [0, 0.05) is 32.4 Å². The van der Waals surface area contributed by atoms with Gasteiger partial charge in [-0.1, -0.05) is 12.1 Å². The number of oxazole rings is 1. The first kappa shape index (κ1) is 17.2. The molecule has 28 heavy (non-hydrogen) atoms. The molecule has 5 rings (SSSR count). The molecular weight excluding hydrogens is 359 g/mol. The van der Waals surface area contributed by atoms with Crippen molar-refractivity contribution in [3.8, 4) is 0 Å². The summed E-state index contributed by atoms with van der Waals surface area (Å²) in [6.07, 6.45) is 4.04. The fraction of sp³-hybridized carbons (Fsp3) is 0.381. The van der Waals surface area contributed by atoms with Crippen LogP contribution in [0.25, 0.3) is 11.2 Å². The lowest BCUT2D eigenvalue weighted by molar-refractivity contribution is -0.130. The smallest absolute Gasteiger partial charge is 0.299 e. The molecule has 1 saturated heterocycles. The minimum Gasteiger partial charge on any atom is -0.404 e. The number of aromatic nitrogens is 2. The third kappa shape index (κ3) is 3.32. The van der Waals surface area contributed by atoms with Crippen LogP contribution in [0.2, 0.25) is 0 Å². The van der Waals surface area contributed by atoms with Gasteiger partial charge in [0.15, 0.2) is 0 Å². The molecule has 1 saturated carbocycles. The van der Waals surface area contributed by atoms with E-state index in [1.165, 1.54) is 6.07 Å². The second kappa shape index (κ2) is 6.89. The van der Waals surface area contributed by atoms with Gasteiger partial charge in [0.05, 0.1) is 6.42 Å². The zero-order valence-electron chi connectivity index (χ0n) is 15.5. The first-order chi connectivity index (χ1) is 13.7. The molecule has 0 spiro atoms. The van der Waals surface area contributed by atoms with E-state index in [-0.39, 0.29) is 18.1 Å². The summed E-state index contributed by atoms with van der Waals surface area (Å²) in [6, 6.07) is 9.48. The van der Waals surface area contributed by atoms with Gasteiger partial charge in [-0.15, -0.1) is 0 Å². The van der Waals surface area contributed by atoms with E-state index in [1.807, 2.05) is 34.1 Å². The number of pyridine rings is 1. The van der Waals surface area contributed by atoms with Crippen molar-refractivity contribution in [3.63, 3.8) is 0 Å². The van der Waals surface area contributed by atoms with Crippen molar-refractivity contribution >= 4 is 23.2 Å². The van der Waals surface area contributed by atoms with Gasteiger partial charge in [0.2, 0.25) is 11.6 Å². The normalized spacial score (nSPS) is 17.3. The first-order valence-electron chi connectivity index (χ1n) is 9.70. The minimum absolute atomic E-state index is 0.0254. The standard InChI is InChI=1S/C21H21FN4O2/c22-17-12-14(3-6-16(17)15-4-5-15)13-19(27)25-8-10-26(11-9-25)21-24-18-2-1-7-23-20(18)28-21/h1-3,6-7,12,15H,4-5,8-11,13H2. The topological polar surface area (TPSA) is 62.5 Å². The first-order valence-corrected chi connectivity index (χ1v) is 9.70. The van der Waals surface area contributed by atoms with Crippen LogP contribution < -0.4 is 4.90 Å². The van der Waals surface area contributed by atoms with E-state index in [9.17, 15) is 9.18 Å². The molecular formula is C21H21FN4O2. The fourth-order valence-electron chi connectivity index (χ4n) is 3.73. The van der Waals surface area contributed by atoms with Crippen molar-refractivity contribution in [2.75, 3.05) is 31.1 Å². The number of fused-ring (bicyclic) bond motifs is 1. The second-order valence-electron chi connectivity index (χ2n) is 7.50. The van der Waals surface area contributed by atoms with Crippen LogP contribution in [0.5, 0.6) is 0 Å². The lowest BCUT2D eigenvalue weighted by atomic mass is 10.0. The van der Waals surface area contributed by atoms with Crippen LogP contribution in [-0.2, 0) is 11.2 Å². The van der Waals surface area contributed by atoms with Crippen molar-refractivity contribution < 1.29 is 13.6 Å². The monoisotopic (exact) mass is 380 g/mol. The van der Waals surface area contributed by atoms with Crippen LogP contribution in [0.4, 0.5) is 10.4 Å². The third-order valence-electron chi connectivity index (χ3n) is 5.50. The molecule has 0 bridgehead atoms. The molecule has 1 aromatic carbocycles. The fourth-order valence-corrected chi connectivity index (χ4v) is 3.73. The van der Waals surface area contributed by atoms with Gasteiger partial charge in [-0.05, 0) is 48.1 Å². The number of anilines is 1. The lowest BCUT2D eigenvalue weighted by Gasteiger charge is -2.33. The van der Waals surface area contributed by atoms with Gasteiger partial charge in [0.1, 0.15) is 11.3 Å². The van der Waals surface area contributed by atoms with E-state index in [0.29, 0.717) is 43.8 Å². The number of hydrogen-bond donors (Lipinski definition) is 0. The van der Waals surface area contributed by atoms with Crippen molar-refractivity contribution in [3.05, 3.63) is 53.5 Å². The summed E-state index contributed by atoms with van der Waals surface area (Å²) in [6.45, 7) is 2.47. The molecule has 7 heteroatoms. The molecule has 6 nitrogen and oxygen atoms in total. The lowest BCUT2D eigenvalue weighted by Crippen LogP contribution is -2.49. The summed E-state index contributed by atoms with van der Waals surface area (Å²) in [5, 5.41) is 0. The minimum atomic E-state index is -0.179. The van der Waals surface area contributed by atoms with Gasteiger partial charge in [-0.25, -0.2) is 9.37 Å². The molecule has 1 aliphatic heterocycles. The molecule has 3 heterocycles. The predicted molar refractivity (Wildman–Crippen MR) is 103 cm³/mol. The zero-order valence-corrected chi connectivity index (χ0v) is 15.5. The quantitative estimate of drug-likeness (QED) is 0.696. The highest BCUT2D eigenvalue weighted by molar-refractivity contribution is 5.79. The maximum atomic E-state index is 14.2. The Kier molecular flexibility index (Phi) is 4.22. The Labute approximate surface area is 162 Å². The molecule has 2 fully saturated rings. The van der Waals surface area contributed by atoms with E-state index in [2.05, 4.69) is 9.97 Å². The number of halogens is 1. The Morgan fingerprint density at radius 3 is 2.71 bits per heavy atom. The average Bonchev–Trinajstić information content (AvgIpc) is 3.45. The van der Waals surface area contributed by atoms with Crippen molar-refractivity contribution in [2.45, 2.75) is 25.2 Å². The van der Waals surface area contributed by atoms with Crippen molar-refractivity contribution in [1.29, 1.82) is 0 Å². The van der Waals surface area contributed by atoms with E-state index in [1.54, 1.807) is 6.20 Å². The predicted octanol–water partition coefficient (Wildman–Crippen LogP) is 3.13. The second-order valence-corrected chi connectivity index (χ2v) is 7.50. The number of rotatable bonds is 4. The van der Waals surface area contributed by atoms with E-state index < -0.39 is 0 Å². The Morgan fingerprint density at radius 2 is 2.00 bits per heavy atom. The highest BCUT2D eigenvalue weighted by Crippen LogP contribution is 2.41. The SMILES string of the molecule is O=C(Cc1ccc(C2CC2)c(F)c1)N1CCN(c2nc3cccnc3o2)CC1. The summed E-state index contributed by atoms with van der Waals surface area (Å²) in [4.78, 5) is 25.1. The van der Waals surface area contributed by atoms with Crippen LogP contribution in [-0.4, -0.2) is 47.0 Å². The number of benzene rings is 1. The Balaban J connectivity index is 1.20. The molecule has 0 N–H and O–H groups in total. The summed E-state index contributed by atoms with van der Waals surface area (Å²) in [7, 11) is 0. The van der Waals surface area contributed by atoms with Crippen LogP contribution >= 0.6 is 0 Å². The number of amides is 1. The summed E-state index contributed by atoms with van der Waals surface area (Å²) >= 11 is 0. The number of nitrogens with zero attached hydrogens (tertiary/aromatic N) is 4. The van der Waals surface area contributed by atoms with E-state index in [0.717, 1.165) is 29.5 Å². The summed E-state index contributed by atoms with van der Waals surface area (Å²) in [5.74, 6) is 0.222. The van der Waals surface area contributed by atoms with Gasteiger partial charge in [0.25, 0.3) is 6.01 Å². The van der Waals surface area contributed by atoms with Crippen molar-refractivity contribution in [2.24, 2.45) is 0 Å². The molecule has 0 unspecified atom stereocenters. The number of carbonyl (C=O) groups is 1. The Bertz CT molecular complexity index is 989. The molecule has 0 radical (unpaired) electrons. The highest BCUT2D eigenvalue weighted by atomic mass is 19.1. The molecule has 1 aliphatic carbocycles. The largest absolute Gasteiger partial charge is 0.404 e. The van der Waals surface area contributed by atoms with Gasteiger partial charge in [-0.2, -0.15) is 4.98 Å². The molecule has 2 aliphatic rings. The molecule has 3 aromatic rings. The Hall–Kier alpha value is -2.96. The number of carbonyl (C=O) groups excluding carboxylic acids is 1. The summed E-state index contributed by atoms with van der Waals surface area (Å²) < 4.78 is 19.9. The molecule has 144 valence electrons. The molecule has 0 atom stereocenters. The van der Waals surface area contributed by atoms with Gasteiger partial charge < -0.3 is 14.2 Å². The Morgan fingerprint density at radius 1 is 1.18 bits per heavy atom. The van der Waals surface area contributed by atoms with Crippen LogP contribution in [0.3, 0.4) is 0 Å². The summed E-state index contributed by atoms with van der Waals surface area (Å²) in [5.41, 5.74) is 2.78. The van der Waals surface area contributed by atoms with E-state index in [4.69, 9.17) is 4.42 Å². The third-order valence-corrected chi connectivity index (χ3v) is 5.50. The van der Waals surface area contributed by atoms with E-state index >= 15 is 0 Å². The maximum absolute atomic E-state index is 14.2.